The van der Waals surface area contributed by atoms with Crippen LogP contribution in [0, 0.1) is 10.1 Å². The first-order valence-electron chi connectivity index (χ1n) is 5.64. The van der Waals surface area contributed by atoms with Gasteiger partial charge in [-0.15, -0.1) is 0 Å². The highest BCUT2D eigenvalue weighted by Crippen LogP contribution is 2.32. The lowest BCUT2D eigenvalue weighted by Gasteiger charge is -2.11. The molecular weight excluding hydrogens is 248 g/mol. The van der Waals surface area contributed by atoms with Gasteiger partial charge in [-0.2, -0.15) is 0 Å². The molecule has 0 aliphatic rings. The van der Waals surface area contributed by atoms with Gasteiger partial charge in [0.05, 0.1) is 11.0 Å². The number of pyridine rings is 1. The van der Waals surface area contributed by atoms with Crippen LogP contribution in [0.25, 0.3) is 0 Å². The van der Waals surface area contributed by atoms with Gasteiger partial charge in [-0.25, -0.2) is 4.98 Å². The van der Waals surface area contributed by atoms with Crippen LogP contribution >= 0.6 is 0 Å². The average Bonchev–Trinajstić information content (AvgIpc) is 2.39. The zero-order valence-corrected chi connectivity index (χ0v) is 10.2. The largest absolute Gasteiger partial charge is 0.431 e. The molecule has 2 aromatic rings. The van der Waals surface area contributed by atoms with Crippen LogP contribution in [-0.2, 0) is 0 Å². The topological polar surface area (TPSA) is 85.5 Å². The number of ether oxygens (including phenoxy) is 1. The Bertz CT molecular complexity index is 599. The highest BCUT2D eigenvalue weighted by atomic mass is 16.6. The second kappa shape index (κ2) is 5.45. The molecule has 19 heavy (non-hydrogen) atoms. The van der Waals surface area contributed by atoms with Crippen LogP contribution < -0.4 is 4.74 Å². The van der Waals surface area contributed by atoms with Crippen molar-refractivity contribution in [2.45, 2.75) is 13.0 Å². The van der Waals surface area contributed by atoms with Crippen LogP contribution in [0.2, 0.25) is 0 Å². The molecule has 98 valence electrons. The zero-order valence-electron chi connectivity index (χ0n) is 10.2. The summed E-state index contributed by atoms with van der Waals surface area (Å²) in [5.74, 6) is 0.250. The Labute approximate surface area is 109 Å². The van der Waals surface area contributed by atoms with E-state index in [1.807, 2.05) is 0 Å². The molecule has 1 heterocycles. The molecule has 6 heteroatoms. The minimum absolute atomic E-state index is 0.0908. The summed E-state index contributed by atoms with van der Waals surface area (Å²) in [5, 5.41) is 20.5. The van der Waals surface area contributed by atoms with Gasteiger partial charge in [0.1, 0.15) is 0 Å². The first-order valence-corrected chi connectivity index (χ1v) is 5.64. The summed E-state index contributed by atoms with van der Waals surface area (Å²) >= 11 is 0. The van der Waals surface area contributed by atoms with Crippen LogP contribution in [-0.4, -0.2) is 15.0 Å². The molecule has 0 amide bonds. The third kappa shape index (κ3) is 2.86. The van der Waals surface area contributed by atoms with Gasteiger partial charge in [0.25, 0.3) is 0 Å². The van der Waals surface area contributed by atoms with Crippen molar-refractivity contribution in [2.75, 3.05) is 0 Å². The zero-order chi connectivity index (χ0) is 13.8. The van der Waals surface area contributed by atoms with E-state index in [0.717, 1.165) is 0 Å². The van der Waals surface area contributed by atoms with Crippen molar-refractivity contribution in [2.24, 2.45) is 0 Å². The number of nitro benzene ring substituents is 1. The van der Waals surface area contributed by atoms with Gasteiger partial charge in [0.15, 0.2) is 0 Å². The van der Waals surface area contributed by atoms with Crippen LogP contribution in [0.3, 0.4) is 0 Å². The number of rotatable bonds is 4. The number of aliphatic hydroxyl groups is 1. The number of aliphatic hydroxyl groups excluding tert-OH is 1. The molecule has 2 rings (SSSR count). The fourth-order valence-electron chi connectivity index (χ4n) is 1.60. The van der Waals surface area contributed by atoms with Crippen molar-refractivity contribution in [3.05, 3.63) is 58.3 Å². The summed E-state index contributed by atoms with van der Waals surface area (Å²) in [6.45, 7) is 1.57. The molecule has 0 saturated carbocycles. The molecule has 0 aliphatic heterocycles. The van der Waals surface area contributed by atoms with Crippen molar-refractivity contribution >= 4 is 5.69 Å². The van der Waals surface area contributed by atoms with E-state index in [0.29, 0.717) is 5.56 Å². The third-order valence-electron chi connectivity index (χ3n) is 2.52. The predicted octanol–water partition coefficient (Wildman–Crippen LogP) is 2.84. The van der Waals surface area contributed by atoms with Crippen molar-refractivity contribution in [3.63, 3.8) is 0 Å². The molecule has 0 fully saturated rings. The van der Waals surface area contributed by atoms with E-state index in [9.17, 15) is 15.2 Å². The molecule has 0 saturated heterocycles. The molecule has 0 spiro atoms. The maximum absolute atomic E-state index is 10.9. The maximum atomic E-state index is 10.9. The molecule has 1 N–H and O–H groups in total. The predicted molar refractivity (Wildman–Crippen MR) is 68.0 cm³/mol. The highest BCUT2D eigenvalue weighted by molar-refractivity contribution is 5.48. The van der Waals surface area contributed by atoms with E-state index in [1.165, 1.54) is 18.3 Å². The molecule has 0 aliphatic carbocycles. The number of benzene rings is 1. The Kier molecular flexibility index (Phi) is 3.72. The quantitative estimate of drug-likeness (QED) is 0.674. The second-order valence-electron chi connectivity index (χ2n) is 3.90. The van der Waals surface area contributed by atoms with Crippen molar-refractivity contribution in [3.8, 4) is 11.6 Å². The Morgan fingerprint density at radius 1 is 1.32 bits per heavy atom. The number of para-hydroxylation sites is 2. The molecule has 0 radical (unpaired) electrons. The lowest BCUT2D eigenvalue weighted by atomic mass is 10.2. The van der Waals surface area contributed by atoms with Crippen LogP contribution in [0.5, 0.6) is 11.6 Å². The molecule has 1 atom stereocenters. The fourth-order valence-corrected chi connectivity index (χ4v) is 1.60. The Morgan fingerprint density at radius 3 is 2.74 bits per heavy atom. The van der Waals surface area contributed by atoms with Crippen molar-refractivity contribution in [1.29, 1.82) is 0 Å². The van der Waals surface area contributed by atoms with E-state index < -0.39 is 11.0 Å². The van der Waals surface area contributed by atoms with Gasteiger partial charge in [0, 0.05) is 17.8 Å². The fraction of sp³-hybridized carbons (Fsp3) is 0.154. The Balaban J connectivity index is 2.39. The van der Waals surface area contributed by atoms with Gasteiger partial charge in [-0.3, -0.25) is 10.1 Å². The van der Waals surface area contributed by atoms with Gasteiger partial charge >= 0.3 is 5.69 Å². The summed E-state index contributed by atoms with van der Waals surface area (Å²) in [4.78, 5) is 14.3. The molecule has 1 aromatic carbocycles. The van der Waals surface area contributed by atoms with E-state index in [4.69, 9.17) is 4.74 Å². The SMILES string of the molecule is C[C@H](O)c1cccnc1Oc1ccccc1[N+](=O)[O-]. The molecule has 1 aromatic heterocycles. The van der Waals surface area contributed by atoms with Crippen LogP contribution in [0.15, 0.2) is 42.6 Å². The van der Waals surface area contributed by atoms with Gasteiger partial charge in [-0.1, -0.05) is 12.1 Å². The average molecular weight is 260 g/mol. The number of nitrogens with zero attached hydrogens (tertiary/aromatic N) is 2. The van der Waals surface area contributed by atoms with E-state index in [2.05, 4.69) is 4.98 Å². The van der Waals surface area contributed by atoms with Crippen LogP contribution in [0.4, 0.5) is 5.69 Å². The van der Waals surface area contributed by atoms with Gasteiger partial charge in [-0.05, 0) is 25.1 Å². The van der Waals surface area contributed by atoms with E-state index in [-0.39, 0.29) is 17.3 Å². The molecular formula is C13H12N2O4. The molecule has 6 nitrogen and oxygen atoms in total. The van der Waals surface area contributed by atoms with Gasteiger partial charge in [0.2, 0.25) is 11.6 Å². The minimum Gasteiger partial charge on any atom is -0.431 e. The second-order valence-corrected chi connectivity index (χ2v) is 3.90. The van der Waals surface area contributed by atoms with E-state index >= 15 is 0 Å². The summed E-state index contributed by atoms with van der Waals surface area (Å²) in [5.41, 5.74) is 0.324. The third-order valence-corrected chi connectivity index (χ3v) is 2.52. The monoisotopic (exact) mass is 260 g/mol. The Hall–Kier alpha value is -2.47. The van der Waals surface area contributed by atoms with Crippen molar-refractivity contribution in [1.82, 2.24) is 4.98 Å². The lowest BCUT2D eigenvalue weighted by Crippen LogP contribution is -1.99. The smallest absolute Gasteiger partial charge is 0.311 e. The number of hydrogen-bond acceptors (Lipinski definition) is 5. The maximum Gasteiger partial charge on any atom is 0.311 e. The number of aromatic nitrogens is 1. The molecule has 0 bridgehead atoms. The number of nitro groups is 1. The summed E-state index contributed by atoms with van der Waals surface area (Å²) in [6, 6.07) is 9.33. The lowest BCUT2D eigenvalue weighted by molar-refractivity contribution is -0.385. The molecule has 0 unspecified atom stereocenters. The summed E-state index contributed by atoms with van der Waals surface area (Å²) in [6.07, 6.45) is 0.724. The van der Waals surface area contributed by atoms with Gasteiger partial charge < -0.3 is 9.84 Å². The first-order chi connectivity index (χ1) is 9.09. The van der Waals surface area contributed by atoms with Crippen LogP contribution in [0.1, 0.15) is 18.6 Å². The highest BCUT2D eigenvalue weighted by Gasteiger charge is 2.17. The minimum atomic E-state index is -0.772. The summed E-state index contributed by atoms with van der Waals surface area (Å²) in [7, 11) is 0. The van der Waals surface area contributed by atoms with E-state index in [1.54, 1.807) is 31.2 Å². The Morgan fingerprint density at radius 2 is 2.05 bits per heavy atom. The number of hydrogen-bond donors (Lipinski definition) is 1. The normalized spacial score (nSPS) is 11.9. The standard InChI is InChI=1S/C13H12N2O4/c1-9(16)10-5-4-8-14-13(10)19-12-7-3-2-6-11(12)15(17)18/h2-9,16H,1H3/t9-/m0/s1. The van der Waals surface area contributed by atoms with Crippen molar-refractivity contribution < 1.29 is 14.8 Å². The summed E-state index contributed by atoms with van der Waals surface area (Å²) < 4.78 is 5.45. The first kappa shape index (κ1) is 13.0.